The van der Waals surface area contributed by atoms with Gasteiger partial charge in [-0.3, -0.25) is 0 Å². The van der Waals surface area contributed by atoms with Crippen LogP contribution in [0.2, 0.25) is 0 Å². The van der Waals surface area contributed by atoms with Crippen molar-refractivity contribution < 1.29 is 0 Å². The standard InChI is InChI=1S/C32H28N6/c33-25(19-21-11-3-1-4-12-21)31-35-27-17-9-7-15-23(27)29(37-31)30-24-16-8-10-18-28(24)36-32(38-30)26(34)20-22-13-5-2-6-14-22/h1-18,25-26H,19-20,33-34H2/t25-,26-/m0/s1. The number of rotatable bonds is 7. The summed E-state index contributed by atoms with van der Waals surface area (Å²) in [6.45, 7) is 0. The van der Waals surface area contributed by atoms with E-state index in [1.165, 1.54) is 0 Å². The predicted molar refractivity (Wildman–Crippen MR) is 152 cm³/mol. The zero-order valence-electron chi connectivity index (χ0n) is 20.9. The zero-order chi connectivity index (χ0) is 25.9. The van der Waals surface area contributed by atoms with E-state index in [1.807, 2.05) is 84.9 Å². The van der Waals surface area contributed by atoms with E-state index in [0.29, 0.717) is 24.5 Å². The molecule has 186 valence electrons. The van der Waals surface area contributed by atoms with Crippen molar-refractivity contribution in [2.45, 2.75) is 24.9 Å². The van der Waals surface area contributed by atoms with E-state index in [2.05, 4.69) is 24.3 Å². The second-order valence-electron chi connectivity index (χ2n) is 9.49. The average molecular weight is 497 g/mol. The highest BCUT2D eigenvalue weighted by Crippen LogP contribution is 2.32. The summed E-state index contributed by atoms with van der Waals surface area (Å²) < 4.78 is 0. The Morgan fingerprint density at radius 3 is 1.24 bits per heavy atom. The van der Waals surface area contributed by atoms with Crippen molar-refractivity contribution in [3.8, 4) is 11.4 Å². The molecule has 0 saturated heterocycles. The highest BCUT2D eigenvalue weighted by atomic mass is 15.0. The van der Waals surface area contributed by atoms with Crippen LogP contribution in [0.3, 0.4) is 0 Å². The van der Waals surface area contributed by atoms with Gasteiger partial charge in [-0.15, -0.1) is 0 Å². The van der Waals surface area contributed by atoms with Crippen LogP contribution in [0.1, 0.15) is 34.9 Å². The normalized spacial score (nSPS) is 13.0. The van der Waals surface area contributed by atoms with E-state index in [1.54, 1.807) is 0 Å². The number of hydrogen-bond donors (Lipinski definition) is 2. The first kappa shape index (κ1) is 23.9. The molecule has 6 nitrogen and oxygen atoms in total. The Bertz CT molecular complexity index is 1570. The summed E-state index contributed by atoms with van der Waals surface area (Å²) in [6.07, 6.45) is 1.27. The molecule has 0 aliphatic heterocycles. The minimum absolute atomic E-state index is 0.367. The van der Waals surface area contributed by atoms with Gasteiger partial charge >= 0.3 is 0 Å². The molecule has 2 atom stereocenters. The van der Waals surface area contributed by atoms with Gasteiger partial charge in [-0.2, -0.15) is 0 Å². The van der Waals surface area contributed by atoms with E-state index in [0.717, 1.165) is 44.3 Å². The topological polar surface area (TPSA) is 104 Å². The van der Waals surface area contributed by atoms with Crippen LogP contribution in [0.4, 0.5) is 0 Å². The van der Waals surface area contributed by atoms with E-state index >= 15 is 0 Å². The van der Waals surface area contributed by atoms with Gasteiger partial charge in [-0.1, -0.05) is 97.1 Å². The summed E-state index contributed by atoms with van der Waals surface area (Å²) in [7, 11) is 0. The third-order valence-corrected chi connectivity index (χ3v) is 6.73. The molecule has 6 heteroatoms. The Kier molecular flexibility index (Phi) is 6.56. The lowest BCUT2D eigenvalue weighted by Crippen LogP contribution is -2.19. The van der Waals surface area contributed by atoms with Crippen molar-refractivity contribution in [2.75, 3.05) is 0 Å². The average Bonchev–Trinajstić information content (AvgIpc) is 2.97. The fourth-order valence-electron chi connectivity index (χ4n) is 4.80. The lowest BCUT2D eigenvalue weighted by Gasteiger charge is -2.17. The van der Waals surface area contributed by atoms with Crippen molar-refractivity contribution in [3.63, 3.8) is 0 Å². The molecule has 0 aliphatic rings. The smallest absolute Gasteiger partial charge is 0.146 e. The van der Waals surface area contributed by atoms with Gasteiger partial charge in [0.15, 0.2) is 0 Å². The highest BCUT2D eigenvalue weighted by Gasteiger charge is 2.20. The summed E-state index contributed by atoms with van der Waals surface area (Å²) in [5.74, 6) is 1.17. The SMILES string of the molecule is N[C@@H](Cc1ccccc1)c1nc(-c2nc([C@@H](N)Cc3ccccc3)nc3ccccc23)c2ccccc2n1. The monoisotopic (exact) mass is 496 g/mol. The molecule has 0 fully saturated rings. The van der Waals surface area contributed by atoms with Crippen LogP contribution in [0.5, 0.6) is 0 Å². The van der Waals surface area contributed by atoms with Crippen LogP contribution in [0.25, 0.3) is 33.2 Å². The lowest BCUT2D eigenvalue weighted by atomic mass is 10.0. The van der Waals surface area contributed by atoms with Crippen LogP contribution in [-0.2, 0) is 12.8 Å². The molecule has 0 spiro atoms. The van der Waals surface area contributed by atoms with Crippen LogP contribution in [-0.4, -0.2) is 19.9 Å². The maximum absolute atomic E-state index is 6.66. The van der Waals surface area contributed by atoms with E-state index in [9.17, 15) is 0 Å². The Morgan fingerprint density at radius 1 is 0.447 bits per heavy atom. The van der Waals surface area contributed by atoms with Crippen molar-refractivity contribution in [1.29, 1.82) is 0 Å². The zero-order valence-corrected chi connectivity index (χ0v) is 20.9. The molecule has 0 saturated carbocycles. The van der Waals surface area contributed by atoms with Gasteiger partial charge in [0.2, 0.25) is 0 Å². The summed E-state index contributed by atoms with van der Waals surface area (Å²) in [5.41, 5.74) is 18.7. The van der Waals surface area contributed by atoms with Gasteiger partial charge in [-0.05, 0) is 36.1 Å². The van der Waals surface area contributed by atoms with E-state index in [4.69, 9.17) is 31.4 Å². The first-order chi connectivity index (χ1) is 18.7. The highest BCUT2D eigenvalue weighted by molar-refractivity contribution is 6.00. The first-order valence-electron chi connectivity index (χ1n) is 12.8. The largest absolute Gasteiger partial charge is 0.321 e. The Labute approximate surface area is 221 Å². The third kappa shape index (κ3) is 4.87. The fraction of sp³-hybridized carbons (Fsp3) is 0.125. The summed E-state index contributed by atoms with van der Waals surface area (Å²) in [5, 5.41) is 1.82. The molecule has 2 heterocycles. The molecule has 0 bridgehead atoms. The second-order valence-corrected chi connectivity index (χ2v) is 9.49. The molecule has 2 aromatic heterocycles. The van der Waals surface area contributed by atoms with Crippen LogP contribution in [0.15, 0.2) is 109 Å². The number of fused-ring (bicyclic) bond motifs is 2. The maximum atomic E-state index is 6.66. The van der Waals surface area contributed by atoms with Gasteiger partial charge in [0, 0.05) is 10.8 Å². The van der Waals surface area contributed by atoms with Crippen molar-refractivity contribution >= 4 is 21.8 Å². The van der Waals surface area contributed by atoms with Crippen LogP contribution >= 0.6 is 0 Å². The number of benzene rings is 4. The van der Waals surface area contributed by atoms with Gasteiger partial charge in [0.25, 0.3) is 0 Å². The van der Waals surface area contributed by atoms with Crippen LogP contribution < -0.4 is 11.5 Å². The predicted octanol–water partition coefficient (Wildman–Crippen LogP) is 5.73. The van der Waals surface area contributed by atoms with Crippen LogP contribution in [0, 0.1) is 0 Å². The number of hydrogen-bond acceptors (Lipinski definition) is 6. The molecule has 0 amide bonds. The molecule has 6 aromatic rings. The molecule has 0 unspecified atom stereocenters. The number of nitrogens with zero attached hydrogens (tertiary/aromatic N) is 4. The van der Waals surface area contributed by atoms with Gasteiger partial charge in [0.1, 0.15) is 23.0 Å². The molecule has 0 aliphatic carbocycles. The van der Waals surface area contributed by atoms with Gasteiger partial charge in [0.05, 0.1) is 23.1 Å². The molecule has 0 radical (unpaired) electrons. The Morgan fingerprint density at radius 2 is 0.816 bits per heavy atom. The Balaban J connectivity index is 1.49. The van der Waals surface area contributed by atoms with Gasteiger partial charge in [-0.25, -0.2) is 19.9 Å². The quantitative estimate of drug-likeness (QED) is 0.293. The van der Waals surface area contributed by atoms with E-state index < -0.39 is 0 Å². The summed E-state index contributed by atoms with van der Waals surface area (Å²) in [6, 6.07) is 35.6. The molecular formula is C32H28N6. The lowest BCUT2D eigenvalue weighted by molar-refractivity contribution is 0.668. The first-order valence-corrected chi connectivity index (χ1v) is 12.8. The minimum atomic E-state index is -0.367. The summed E-state index contributed by atoms with van der Waals surface area (Å²) in [4.78, 5) is 19.8. The van der Waals surface area contributed by atoms with Crippen molar-refractivity contribution in [1.82, 2.24) is 19.9 Å². The number of aromatic nitrogens is 4. The molecule has 38 heavy (non-hydrogen) atoms. The van der Waals surface area contributed by atoms with Crippen molar-refractivity contribution in [3.05, 3.63) is 132 Å². The number of para-hydroxylation sites is 2. The third-order valence-electron chi connectivity index (χ3n) is 6.73. The maximum Gasteiger partial charge on any atom is 0.146 e. The van der Waals surface area contributed by atoms with Gasteiger partial charge < -0.3 is 11.5 Å². The molecular weight excluding hydrogens is 468 g/mol. The Hall–Kier alpha value is -4.52. The molecule has 4 aromatic carbocycles. The second kappa shape index (κ2) is 10.5. The molecule has 4 N–H and O–H groups in total. The fourth-order valence-corrected chi connectivity index (χ4v) is 4.80. The molecule has 6 rings (SSSR count). The summed E-state index contributed by atoms with van der Waals surface area (Å²) >= 11 is 0. The minimum Gasteiger partial charge on any atom is -0.321 e. The van der Waals surface area contributed by atoms with Crippen molar-refractivity contribution in [2.24, 2.45) is 11.5 Å². The number of nitrogens with two attached hydrogens (primary N) is 2. The van der Waals surface area contributed by atoms with E-state index in [-0.39, 0.29) is 12.1 Å².